The van der Waals surface area contributed by atoms with Crippen LogP contribution in [0.2, 0.25) is 0 Å². The summed E-state index contributed by atoms with van der Waals surface area (Å²) in [7, 11) is 1.59. The molecule has 1 N–H and O–H groups in total. The molecule has 1 aromatic carbocycles. The number of methoxy groups -OCH3 is 1. The van der Waals surface area contributed by atoms with E-state index in [4.69, 9.17) is 4.74 Å². The van der Waals surface area contributed by atoms with Gasteiger partial charge in [0, 0.05) is 51.1 Å². The zero-order chi connectivity index (χ0) is 20.4. The summed E-state index contributed by atoms with van der Waals surface area (Å²) >= 11 is 0. The van der Waals surface area contributed by atoms with E-state index in [1.54, 1.807) is 31.4 Å². The molecule has 0 radical (unpaired) electrons. The number of carbonyl (C=O) groups is 3. The topological polar surface area (TPSA) is 79.0 Å². The Bertz CT molecular complexity index is 652. The molecule has 0 unspecified atom stereocenters. The van der Waals surface area contributed by atoms with Gasteiger partial charge in [-0.25, -0.2) is 0 Å². The molecule has 1 aliphatic rings. The summed E-state index contributed by atoms with van der Waals surface area (Å²) in [5, 5.41) is 2.87. The molecule has 2 rings (SSSR count). The third-order valence-electron chi connectivity index (χ3n) is 4.87. The van der Waals surface area contributed by atoms with Crippen LogP contribution in [0.25, 0.3) is 0 Å². The lowest BCUT2D eigenvalue weighted by Crippen LogP contribution is -2.51. The number of benzene rings is 1. The number of carbonyl (C=O) groups excluding carboxylic acids is 3. The second kappa shape index (κ2) is 11.4. The summed E-state index contributed by atoms with van der Waals surface area (Å²) in [6.45, 7) is 5.78. The fraction of sp³-hybridized carbons (Fsp3) is 0.571. The highest BCUT2D eigenvalue weighted by atomic mass is 16.5. The number of Topliss-reactive ketones (excluding diaryl/α,β-unsaturated/α-hetero) is 1. The van der Waals surface area contributed by atoms with E-state index in [1.165, 1.54) is 0 Å². The Balaban J connectivity index is 1.65. The average molecular weight is 389 g/mol. The number of piperazine rings is 1. The zero-order valence-corrected chi connectivity index (χ0v) is 16.9. The number of ether oxygens (including phenoxy) is 1. The van der Waals surface area contributed by atoms with Crippen LogP contribution in [0.5, 0.6) is 5.75 Å². The first-order valence-electron chi connectivity index (χ1n) is 9.97. The first kappa shape index (κ1) is 21.9. The summed E-state index contributed by atoms with van der Waals surface area (Å²) < 4.78 is 5.09. The Kier molecular flexibility index (Phi) is 8.94. The van der Waals surface area contributed by atoms with Crippen molar-refractivity contribution in [3.63, 3.8) is 0 Å². The molecule has 7 nitrogen and oxygen atoms in total. The first-order valence-corrected chi connectivity index (χ1v) is 9.97. The van der Waals surface area contributed by atoms with Crippen molar-refractivity contribution in [2.24, 2.45) is 0 Å². The van der Waals surface area contributed by atoms with Gasteiger partial charge in [0.15, 0.2) is 5.78 Å². The standard InChI is InChI=1S/C21H31N3O4/c1-3-11-22-20(26)16-23-12-14-24(15-13-23)21(27)6-4-5-19(25)17-7-9-18(28-2)10-8-17/h7-10H,3-6,11-16H2,1-2H3,(H,22,26). The molecular weight excluding hydrogens is 358 g/mol. The summed E-state index contributed by atoms with van der Waals surface area (Å²) in [5.74, 6) is 0.878. The monoisotopic (exact) mass is 389 g/mol. The van der Waals surface area contributed by atoms with E-state index in [0.29, 0.717) is 69.8 Å². The fourth-order valence-corrected chi connectivity index (χ4v) is 3.16. The smallest absolute Gasteiger partial charge is 0.234 e. The van der Waals surface area contributed by atoms with Gasteiger partial charge in [0.2, 0.25) is 11.8 Å². The number of ketones is 1. The maximum Gasteiger partial charge on any atom is 0.234 e. The third kappa shape index (κ3) is 6.96. The molecule has 1 fully saturated rings. The second-order valence-corrected chi connectivity index (χ2v) is 7.01. The van der Waals surface area contributed by atoms with Gasteiger partial charge in [-0.3, -0.25) is 19.3 Å². The van der Waals surface area contributed by atoms with Crippen LogP contribution in [-0.4, -0.2) is 73.8 Å². The van der Waals surface area contributed by atoms with E-state index in [1.807, 2.05) is 11.8 Å². The first-order chi connectivity index (χ1) is 13.5. The quantitative estimate of drug-likeness (QED) is 0.617. The Hall–Kier alpha value is -2.41. The highest BCUT2D eigenvalue weighted by molar-refractivity contribution is 5.96. The van der Waals surface area contributed by atoms with Gasteiger partial charge in [-0.05, 0) is 37.1 Å². The van der Waals surface area contributed by atoms with Crippen LogP contribution in [0.15, 0.2) is 24.3 Å². The number of nitrogens with one attached hydrogen (secondary N) is 1. The van der Waals surface area contributed by atoms with Crippen molar-refractivity contribution in [3.8, 4) is 5.75 Å². The van der Waals surface area contributed by atoms with Crippen molar-refractivity contribution in [2.75, 3.05) is 46.4 Å². The molecule has 28 heavy (non-hydrogen) atoms. The molecule has 0 aromatic heterocycles. The third-order valence-corrected chi connectivity index (χ3v) is 4.87. The molecule has 0 spiro atoms. The zero-order valence-electron chi connectivity index (χ0n) is 16.9. The van der Waals surface area contributed by atoms with Crippen LogP contribution in [0.3, 0.4) is 0 Å². The lowest BCUT2D eigenvalue weighted by molar-refractivity contribution is -0.133. The van der Waals surface area contributed by atoms with Crippen molar-refractivity contribution in [2.45, 2.75) is 32.6 Å². The van der Waals surface area contributed by atoms with Crippen LogP contribution in [0, 0.1) is 0 Å². The lowest BCUT2D eigenvalue weighted by Gasteiger charge is -2.34. The minimum absolute atomic E-state index is 0.0402. The maximum absolute atomic E-state index is 12.4. The molecule has 2 amide bonds. The van der Waals surface area contributed by atoms with E-state index in [2.05, 4.69) is 10.2 Å². The van der Waals surface area contributed by atoms with Crippen LogP contribution < -0.4 is 10.1 Å². The summed E-state index contributed by atoms with van der Waals surface area (Å²) in [6.07, 6.45) is 2.20. The predicted molar refractivity (Wildman–Crippen MR) is 107 cm³/mol. The highest BCUT2D eigenvalue weighted by Gasteiger charge is 2.22. The molecule has 1 heterocycles. The lowest BCUT2D eigenvalue weighted by atomic mass is 10.0. The number of hydrogen-bond donors (Lipinski definition) is 1. The van der Waals surface area contributed by atoms with Gasteiger partial charge in [-0.15, -0.1) is 0 Å². The Morgan fingerprint density at radius 1 is 1.04 bits per heavy atom. The largest absolute Gasteiger partial charge is 0.497 e. The minimum Gasteiger partial charge on any atom is -0.497 e. The van der Waals surface area contributed by atoms with E-state index in [0.717, 1.165) is 6.42 Å². The predicted octanol–water partition coefficient (Wildman–Crippen LogP) is 1.72. The number of rotatable bonds is 10. The van der Waals surface area contributed by atoms with E-state index in [9.17, 15) is 14.4 Å². The molecule has 0 saturated carbocycles. The minimum atomic E-state index is 0.0402. The Morgan fingerprint density at radius 3 is 2.32 bits per heavy atom. The fourth-order valence-electron chi connectivity index (χ4n) is 3.16. The summed E-state index contributed by atoms with van der Waals surface area (Å²) in [5.41, 5.74) is 0.642. The van der Waals surface area contributed by atoms with Crippen LogP contribution >= 0.6 is 0 Å². The molecule has 7 heteroatoms. The number of nitrogens with zero attached hydrogens (tertiary/aromatic N) is 2. The maximum atomic E-state index is 12.4. The van der Waals surface area contributed by atoms with Crippen molar-refractivity contribution in [1.82, 2.24) is 15.1 Å². The van der Waals surface area contributed by atoms with Crippen LogP contribution in [0.1, 0.15) is 43.0 Å². The summed E-state index contributed by atoms with van der Waals surface area (Å²) in [6, 6.07) is 7.03. The highest BCUT2D eigenvalue weighted by Crippen LogP contribution is 2.14. The Labute approximate surface area is 167 Å². The number of amides is 2. The van der Waals surface area contributed by atoms with Crippen molar-refractivity contribution >= 4 is 17.6 Å². The van der Waals surface area contributed by atoms with Gasteiger partial charge >= 0.3 is 0 Å². The van der Waals surface area contributed by atoms with Crippen molar-refractivity contribution < 1.29 is 19.1 Å². The Morgan fingerprint density at radius 2 is 1.71 bits per heavy atom. The molecule has 0 atom stereocenters. The van der Waals surface area contributed by atoms with E-state index >= 15 is 0 Å². The van der Waals surface area contributed by atoms with Gasteiger partial charge in [0.25, 0.3) is 0 Å². The number of hydrogen-bond acceptors (Lipinski definition) is 5. The average Bonchev–Trinajstić information content (AvgIpc) is 2.72. The molecule has 0 aliphatic carbocycles. The SMILES string of the molecule is CCCNC(=O)CN1CCN(C(=O)CCCC(=O)c2ccc(OC)cc2)CC1. The molecule has 1 aliphatic heterocycles. The van der Waals surface area contributed by atoms with Gasteiger partial charge in [-0.2, -0.15) is 0 Å². The van der Waals surface area contributed by atoms with Crippen LogP contribution in [0.4, 0.5) is 0 Å². The van der Waals surface area contributed by atoms with E-state index in [-0.39, 0.29) is 17.6 Å². The van der Waals surface area contributed by atoms with Gasteiger partial charge in [0.05, 0.1) is 13.7 Å². The van der Waals surface area contributed by atoms with Crippen molar-refractivity contribution in [3.05, 3.63) is 29.8 Å². The molecule has 154 valence electrons. The molecule has 1 saturated heterocycles. The summed E-state index contributed by atoms with van der Waals surface area (Å²) in [4.78, 5) is 40.3. The van der Waals surface area contributed by atoms with Gasteiger partial charge in [0.1, 0.15) is 5.75 Å². The molecule has 1 aromatic rings. The molecular formula is C21H31N3O4. The second-order valence-electron chi connectivity index (χ2n) is 7.01. The van der Waals surface area contributed by atoms with E-state index < -0.39 is 0 Å². The van der Waals surface area contributed by atoms with Gasteiger partial charge in [-0.1, -0.05) is 6.92 Å². The molecule has 0 bridgehead atoms. The van der Waals surface area contributed by atoms with Crippen LogP contribution in [-0.2, 0) is 9.59 Å². The normalized spacial score (nSPS) is 14.6. The van der Waals surface area contributed by atoms with Gasteiger partial charge < -0.3 is 15.0 Å². The van der Waals surface area contributed by atoms with Crippen molar-refractivity contribution in [1.29, 1.82) is 0 Å².